The van der Waals surface area contributed by atoms with Gasteiger partial charge < -0.3 is 15.0 Å². The van der Waals surface area contributed by atoms with Crippen molar-refractivity contribution < 1.29 is 9.53 Å². The fraction of sp³-hybridized carbons (Fsp3) is 0.650. The quantitative estimate of drug-likeness (QED) is 0.831. The summed E-state index contributed by atoms with van der Waals surface area (Å²) in [4.78, 5) is 15.0. The molecular weight excluding hydrogens is 300 g/mol. The van der Waals surface area contributed by atoms with E-state index in [1.54, 1.807) is 0 Å². The largest absolute Gasteiger partial charge is 0.481 e. The molecule has 24 heavy (non-hydrogen) atoms. The molecule has 2 rings (SSSR count). The Morgan fingerprint density at radius 3 is 2.54 bits per heavy atom. The van der Waals surface area contributed by atoms with Gasteiger partial charge in [-0.1, -0.05) is 19.9 Å². The summed E-state index contributed by atoms with van der Waals surface area (Å²) < 4.78 is 5.94. The molecule has 1 amide bonds. The standard InChI is InChI=1S/C20H32N2O2/c1-5-11-22-12-9-17(10-13-22)21-20(23)19(6-2)24-18-8-7-15(3)16(4)14-18/h7-8,14,17,19H,5-6,9-13H2,1-4H3,(H,21,23)/t19-/m1/s1. The van der Waals surface area contributed by atoms with Gasteiger partial charge in [-0.2, -0.15) is 0 Å². The highest BCUT2D eigenvalue weighted by Gasteiger charge is 2.24. The molecule has 1 fully saturated rings. The molecule has 1 saturated heterocycles. The van der Waals surface area contributed by atoms with Gasteiger partial charge >= 0.3 is 0 Å². The van der Waals surface area contributed by atoms with Crippen molar-refractivity contribution in [2.45, 2.75) is 65.5 Å². The molecule has 1 heterocycles. The van der Waals surface area contributed by atoms with Gasteiger partial charge in [-0.3, -0.25) is 4.79 Å². The Balaban J connectivity index is 1.86. The minimum Gasteiger partial charge on any atom is -0.481 e. The van der Waals surface area contributed by atoms with E-state index in [2.05, 4.69) is 31.0 Å². The van der Waals surface area contributed by atoms with Crippen LogP contribution < -0.4 is 10.1 Å². The molecule has 0 saturated carbocycles. The summed E-state index contributed by atoms with van der Waals surface area (Å²) in [7, 11) is 0. The van der Waals surface area contributed by atoms with Crippen LogP contribution in [0.4, 0.5) is 0 Å². The summed E-state index contributed by atoms with van der Waals surface area (Å²) in [6.07, 6.45) is 3.52. The lowest BCUT2D eigenvalue weighted by Crippen LogP contribution is -2.48. The highest BCUT2D eigenvalue weighted by Crippen LogP contribution is 2.19. The Kier molecular flexibility index (Phi) is 7.10. The predicted octanol–water partition coefficient (Wildman–Crippen LogP) is 3.45. The first-order valence-electron chi connectivity index (χ1n) is 9.30. The highest BCUT2D eigenvalue weighted by molar-refractivity contribution is 5.81. The number of rotatable bonds is 7. The van der Waals surface area contributed by atoms with Crippen molar-refractivity contribution in [3.8, 4) is 5.75 Å². The SMILES string of the molecule is CCCN1CCC(NC(=O)[C@@H](CC)Oc2ccc(C)c(C)c2)CC1. The summed E-state index contributed by atoms with van der Waals surface area (Å²) >= 11 is 0. The van der Waals surface area contributed by atoms with E-state index in [-0.39, 0.29) is 11.9 Å². The first-order valence-corrected chi connectivity index (χ1v) is 9.30. The minimum absolute atomic E-state index is 0.0182. The van der Waals surface area contributed by atoms with Crippen LogP contribution >= 0.6 is 0 Å². The smallest absolute Gasteiger partial charge is 0.261 e. The lowest BCUT2D eigenvalue weighted by molar-refractivity contribution is -0.129. The molecule has 1 N–H and O–H groups in total. The maximum atomic E-state index is 12.6. The molecule has 1 atom stereocenters. The third-order valence-corrected chi connectivity index (χ3v) is 4.89. The van der Waals surface area contributed by atoms with E-state index in [9.17, 15) is 4.79 Å². The molecule has 1 aliphatic rings. The zero-order valence-corrected chi connectivity index (χ0v) is 15.6. The van der Waals surface area contributed by atoms with Crippen molar-refractivity contribution in [2.75, 3.05) is 19.6 Å². The van der Waals surface area contributed by atoms with Crippen molar-refractivity contribution in [1.29, 1.82) is 0 Å². The number of nitrogens with one attached hydrogen (secondary N) is 1. The van der Waals surface area contributed by atoms with Gasteiger partial charge in [-0.05, 0) is 69.3 Å². The number of benzene rings is 1. The normalized spacial score (nSPS) is 17.5. The Bertz CT molecular complexity index is 536. The van der Waals surface area contributed by atoms with Crippen molar-refractivity contribution in [1.82, 2.24) is 10.2 Å². The molecule has 134 valence electrons. The molecule has 1 aliphatic heterocycles. The van der Waals surface area contributed by atoms with Crippen LogP contribution in [-0.2, 0) is 4.79 Å². The van der Waals surface area contributed by atoms with E-state index in [4.69, 9.17) is 4.74 Å². The van der Waals surface area contributed by atoms with Crippen molar-refractivity contribution in [3.05, 3.63) is 29.3 Å². The maximum absolute atomic E-state index is 12.6. The number of ether oxygens (including phenoxy) is 1. The highest BCUT2D eigenvalue weighted by atomic mass is 16.5. The van der Waals surface area contributed by atoms with E-state index < -0.39 is 6.10 Å². The topological polar surface area (TPSA) is 41.6 Å². The summed E-state index contributed by atoms with van der Waals surface area (Å²) in [5, 5.41) is 3.19. The van der Waals surface area contributed by atoms with E-state index >= 15 is 0 Å². The van der Waals surface area contributed by atoms with Gasteiger partial charge in [0.1, 0.15) is 5.75 Å². The van der Waals surface area contributed by atoms with Gasteiger partial charge in [0.05, 0.1) is 0 Å². The molecule has 0 aliphatic carbocycles. The number of carbonyl (C=O) groups excluding carboxylic acids is 1. The molecule has 4 heteroatoms. The van der Waals surface area contributed by atoms with E-state index in [1.807, 2.05) is 25.1 Å². The molecule has 0 unspecified atom stereocenters. The van der Waals surface area contributed by atoms with Crippen LogP contribution in [0.2, 0.25) is 0 Å². The average molecular weight is 332 g/mol. The number of piperidine rings is 1. The molecule has 4 nitrogen and oxygen atoms in total. The van der Waals surface area contributed by atoms with Crippen molar-refractivity contribution >= 4 is 5.91 Å². The Hall–Kier alpha value is -1.55. The summed E-state index contributed by atoms with van der Waals surface area (Å²) in [5.74, 6) is 0.794. The average Bonchev–Trinajstić information content (AvgIpc) is 2.57. The Morgan fingerprint density at radius 2 is 1.96 bits per heavy atom. The lowest BCUT2D eigenvalue weighted by Gasteiger charge is -2.32. The summed E-state index contributed by atoms with van der Waals surface area (Å²) in [5.41, 5.74) is 2.42. The van der Waals surface area contributed by atoms with Crippen molar-refractivity contribution in [3.63, 3.8) is 0 Å². The first-order chi connectivity index (χ1) is 11.5. The number of carbonyl (C=O) groups is 1. The molecule has 0 spiro atoms. The van der Waals surface area contributed by atoms with Gasteiger partial charge in [0.25, 0.3) is 5.91 Å². The summed E-state index contributed by atoms with van der Waals surface area (Å²) in [6.45, 7) is 11.7. The van der Waals surface area contributed by atoms with Crippen LogP contribution in [0.25, 0.3) is 0 Å². The fourth-order valence-electron chi connectivity index (χ4n) is 3.18. The number of hydrogen-bond acceptors (Lipinski definition) is 3. The zero-order valence-electron chi connectivity index (χ0n) is 15.6. The van der Waals surface area contributed by atoms with Crippen LogP contribution in [0.1, 0.15) is 50.7 Å². The maximum Gasteiger partial charge on any atom is 0.261 e. The molecule has 0 aromatic heterocycles. The molecular formula is C20H32N2O2. The third kappa shape index (κ3) is 5.23. The number of likely N-dealkylation sites (tertiary alicyclic amines) is 1. The second kappa shape index (κ2) is 9.07. The van der Waals surface area contributed by atoms with Gasteiger partial charge in [-0.15, -0.1) is 0 Å². The minimum atomic E-state index is -0.416. The van der Waals surface area contributed by atoms with Crippen LogP contribution in [-0.4, -0.2) is 42.6 Å². The lowest BCUT2D eigenvalue weighted by atomic mass is 10.0. The van der Waals surface area contributed by atoms with Gasteiger partial charge in [0.2, 0.25) is 0 Å². The second-order valence-electron chi connectivity index (χ2n) is 6.89. The Morgan fingerprint density at radius 1 is 1.25 bits per heavy atom. The van der Waals surface area contributed by atoms with Crippen LogP contribution in [0.3, 0.4) is 0 Å². The van der Waals surface area contributed by atoms with Crippen molar-refractivity contribution in [2.24, 2.45) is 0 Å². The Labute approximate surface area is 146 Å². The summed E-state index contributed by atoms with van der Waals surface area (Å²) in [6, 6.07) is 6.28. The molecule has 1 aromatic rings. The zero-order chi connectivity index (χ0) is 17.5. The van der Waals surface area contributed by atoms with Gasteiger partial charge in [-0.25, -0.2) is 0 Å². The number of nitrogens with zero attached hydrogens (tertiary/aromatic N) is 1. The predicted molar refractivity (Wildman–Crippen MR) is 98.5 cm³/mol. The number of amides is 1. The van der Waals surface area contributed by atoms with E-state index in [1.165, 1.54) is 17.5 Å². The van der Waals surface area contributed by atoms with Gasteiger partial charge in [0.15, 0.2) is 6.10 Å². The number of hydrogen-bond donors (Lipinski definition) is 1. The second-order valence-corrected chi connectivity index (χ2v) is 6.89. The van der Waals surface area contributed by atoms with Crippen LogP contribution in [0.15, 0.2) is 18.2 Å². The van der Waals surface area contributed by atoms with E-state index in [0.29, 0.717) is 6.42 Å². The first kappa shape index (κ1) is 18.8. The molecule has 0 bridgehead atoms. The molecule has 0 radical (unpaired) electrons. The molecule has 1 aromatic carbocycles. The van der Waals surface area contributed by atoms with Crippen LogP contribution in [0.5, 0.6) is 5.75 Å². The number of aryl methyl sites for hydroxylation is 2. The van der Waals surface area contributed by atoms with Gasteiger partial charge in [0, 0.05) is 19.1 Å². The van der Waals surface area contributed by atoms with Crippen LogP contribution in [0, 0.1) is 13.8 Å². The third-order valence-electron chi connectivity index (χ3n) is 4.89. The van der Waals surface area contributed by atoms with E-state index in [0.717, 1.165) is 38.2 Å². The monoisotopic (exact) mass is 332 g/mol. The fourth-order valence-corrected chi connectivity index (χ4v) is 3.18.